The lowest BCUT2D eigenvalue weighted by molar-refractivity contribution is -0.144. The Morgan fingerprint density at radius 1 is 1.03 bits per heavy atom. The van der Waals surface area contributed by atoms with Gasteiger partial charge < -0.3 is 4.90 Å². The SMILES string of the molecule is CC(C)CC(C(=O)NN1C(=O)CN(Cc2ccccn2)C1=O)[C@H](CCCc1ccccc1)C(=O)NO. The fourth-order valence-corrected chi connectivity index (χ4v) is 4.39. The highest BCUT2D eigenvalue weighted by Gasteiger charge is 2.41. The van der Waals surface area contributed by atoms with Gasteiger partial charge in [-0.25, -0.2) is 10.3 Å². The Balaban J connectivity index is 1.70. The molecular formula is C26H33N5O5. The molecule has 1 saturated heterocycles. The molecule has 1 fully saturated rings. The molecule has 1 aromatic carbocycles. The first-order chi connectivity index (χ1) is 17.3. The number of nitrogens with zero attached hydrogens (tertiary/aromatic N) is 3. The minimum Gasteiger partial charge on any atom is -0.308 e. The number of rotatable bonds is 12. The summed E-state index contributed by atoms with van der Waals surface area (Å²) in [6.07, 6.45) is 3.60. The van der Waals surface area contributed by atoms with Gasteiger partial charge in [-0.3, -0.25) is 30.0 Å². The Morgan fingerprint density at radius 2 is 1.75 bits per heavy atom. The van der Waals surface area contributed by atoms with Crippen LogP contribution in [0.4, 0.5) is 4.79 Å². The summed E-state index contributed by atoms with van der Waals surface area (Å²) in [6.45, 7) is 3.77. The van der Waals surface area contributed by atoms with E-state index in [9.17, 15) is 24.4 Å². The molecule has 2 aromatic rings. The van der Waals surface area contributed by atoms with Gasteiger partial charge in [-0.15, -0.1) is 0 Å². The van der Waals surface area contributed by atoms with Gasteiger partial charge >= 0.3 is 6.03 Å². The van der Waals surface area contributed by atoms with E-state index in [-0.39, 0.29) is 19.0 Å². The molecule has 10 heteroatoms. The van der Waals surface area contributed by atoms with Crippen LogP contribution in [0.25, 0.3) is 0 Å². The summed E-state index contributed by atoms with van der Waals surface area (Å²) in [4.78, 5) is 56.8. The van der Waals surface area contributed by atoms with Crippen LogP contribution in [-0.2, 0) is 27.3 Å². The largest absolute Gasteiger partial charge is 0.346 e. The summed E-state index contributed by atoms with van der Waals surface area (Å²) in [5, 5.41) is 10.1. The molecule has 1 unspecified atom stereocenters. The average Bonchev–Trinajstić information content (AvgIpc) is 3.13. The highest BCUT2D eigenvalue weighted by atomic mass is 16.5. The zero-order valence-electron chi connectivity index (χ0n) is 20.6. The van der Waals surface area contributed by atoms with E-state index in [4.69, 9.17) is 0 Å². The summed E-state index contributed by atoms with van der Waals surface area (Å²) < 4.78 is 0. The summed E-state index contributed by atoms with van der Waals surface area (Å²) in [5.41, 5.74) is 5.84. The molecule has 3 rings (SSSR count). The number of carbonyl (C=O) groups excluding carboxylic acids is 4. The zero-order valence-corrected chi connectivity index (χ0v) is 20.6. The number of imide groups is 1. The molecule has 0 radical (unpaired) electrons. The third-order valence-corrected chi connectivity index (χ3v) is 6.16. The molecule has 0 bridgehead atoms. The van der Waals surface area contributed by atoms with Gasteiger partial charge in [-0.2, -0.15) is 5.01 Å². The van der Waals surface area contributed by atoms with Gasteiger partial charge in [0, 0.05) is 6.20 Å². The van der Waals surface area contributed by atoms with Gasteiger partial charge in [0.25, 0.3) is 5.91 Å². The first kappa shape index (κ1) is 26.8. The molecule has 1 aliphatic rings. The maximum absolute atomic E-state index is 13.3. The highest BCUT2D eigenvalue weighted by Crippen LogP contribution is 2.27. The van der Waals surface area contributed by atoms with Crippen LogP contribution >= 0.6 is 0 Å². The lowest BCUT2D eigenvalue weighted by Gasteiger charge is -2.28. The number of benzene rings is 1. The van der Waals surface area contributed by atoms with Crippen molar-refractivity contribution < 1.29 is 24.4 Å². The van der Waals surface area contributed by atoms with E-state index in [0.29, 0.717) is 36.4 Å². The summed E-state index contributed by atoms with van der Waals surface area (Å²) in [7, 11) is 0. The number of aromatic nitrogens is 1. The van der Waals surface area contributed by atoms with Crippen molar-refractivity contribution in [2.24, 2.45) is 17.8 Å². The van der Waals surface area contributed by atoms with Gasteiger partial charge in [0.2, 0.25) is 11.8 Å². The van der Waals surface area contributed by atoms with Crippen LogP contribution in [0, 0.1) is 17.8 Å². The number of amides is 5. The highest BCUT2D eigenvalue weighted by molar-refractivity contribution is 6.03. The summed E-state index contributed by atoms with van der Waals surface area (Å²) >= 11 is 0. The molecule has 36 heavy (non-hydrogen) atoms. The van der Waals surface area contributed by atoms with Crippen molar-refractivity contribution in [1.29, 1.82) is 0 Å². The molecule has 0 saturated carbocycles. The van der Waals surface area contributed by atoms with E-state index in [1.165, 1.54) is 4.90 Å². The van der Waals surface area contributed by atoms with Gasteiger partial charge in [0.05, 0.1) is 24.1 Å². The average molecular weight is 496 g/mol. The standard InChI is InChI=1S/C26H33N5O5/c1-18(2)15-22(21(25(34)29-36)13-8-11-19-9-4-3-5-10-19)24(33)28-31-23(32)17-30(26(31)35)16-20-12-6-7-14-27-20/h3-7,9-10,12,14,18,21-22,36H,8,11,13,15-17H2,1-2H3,(H,28,33)(H,29,34)/t21-,22?/m0/s1. The molecule has 1 aliphatic heterocycles. The van der Waals surface area contributed by atoms with Gasteiger partial charge in [0.15, 0.2) is 0 Å². The molecule has 2 heterocycles. The normalized spacial score (nSPS) is 15.2. The Bertz CT molecular complexity index is 1050. The number of aryl methyl sites for hydroxylation is 1. The van der Waals surface area contributed by atoms with Gasteiger partial charge in [-0.1, -0.05) is 50.2 Å². The van der Waals surface area contributed by atoms with Crippen LogP contribution in [0.2, 0.25) is 0 Å². The third kappa shape index (κ3) is 7.11. The Kier molecular flexibility index (Phi) is 9.52. The van der Waals surface area contributed by atoms with Gasteiger partial charge in [0.1, 0.15) is 6.54 Å². The van der Waals surface area contributed by atoms with Crippen LogP contribution in [0.3, 0.4) is 0 Å². The molecule has 1 aromatic heterocycles. The van der Waals surface area contributed by atoms with E-state index >= 15 is 0 Å². The zero-order chi connectivity index (χ0) is 26.1. The first-order valence-corrected chi connectivity index (χ1v) is 12.1. The quantitative estimate of drug-likeness (QED) is 0.236. The van der Waals surface area contributed by atoms with E-state index in [0.717, 1.165) is 5.56 Å². The maximum Gasteiger partial charge on any atom is 0.346 e. The fraction of sp³-hybridized carbons (Fsp3) is 0.423. The molecule has 0 aliphatic carbocycles. The lowest BCUT2D eigenvalue weighted by Crippen LogP contribution is -2.51. The number of carbonyl (C=O) groups is 4. The molecule has 0 spiro atoms. The molecule has 2 atom stereocenters. The Labute approximate surface area is 210 Å². The van der Waals surface area contributed by atoms with Crippen molar-refractivity contribution in [3.8, 4) is 0 Å². The van der Waals surface area contributed by atoms with E-state index < -0.39 is 35.6 Å². The van der Waals surface area contributed by atoms with Crippen molar-refractivity contribution in [3.63, 3.8) is 0 Å². The summed E-state index contributed by atoms with van der Waals surface area (Å²) in [5.74, 6) is -3.48. The van der Waals surface area contributed by atoms with Crippen molar-refractivity contribution in [2.45, 2.75) is 46.1 Å². The van der Waals surface area contributed by atoms with Crippen LogP contribution in [-0.4, -0.2) is 50.4 Å². The Morgan fingerprint density at radius 3 is 2.39 bits per heavy atom. The van der Waals surface area contributed by atoms with Crippen LogP contribution < -0.4 is 10.9 Å². The number of hydrogen-bond donors (Lipinski definition) is 3. The van der Waals surface area contributed by atoms with Crippen molar-refractivity contribution in [3.05, 3.63) is 66.0 Å². The molecule has 5 amide bonds. The van der Waals surface area contributed by atoms with Crippen LogP contribution in [0.15, 0.2) is 54.7 Å². The van der Waals surface area contributed by atoms with Gasteiger partial charge in [-0.05, 0) is 49.3 Å². The minimum absolute atomic E-state index is 0.0505. The molecular weight excluding hydrogens is 462 g/mol. The predicted molar refractivity (Wildman–Crippen MR) is 131 cm³/mol. The van der Waals surface area contributed by atoms with E-state index in [2.05, 4.69) is 10.4 Å². The smallest absolute Gasteiger partial charge is 0.308 e. The van der Waals surface area contributed by atoms with E-state index in [1.54, 1.807) is 29.9 Å². The van der Waals surface area contributed by atoms with E-state index in [1.807, 2.05) is 44.2 Å². The Hall–Kier alpha value is -3.79. The lowest BCUT2D eigenvalue weighted by atomic mass is 9.81. The number of pyridine rings is 1. The van der Waals surface area contributed by atoms with Crippen LogP contribution in [0.1, 0.15) is 44.4 Å². The molecule has 3 N–H and O–H groups in total. The number of hydrogen-bond acceptors (Lipinski definition) is 6. The molecule has 192 valence electrons. The van der Waals surface area contributed by atoms with Crippen molar-refractivity contribution >= 4 is 23.8 Å². The first-order valence-electron chi connectivity index (χ1n) is 12.1. The number of hydroxylamine groups is 1. The third-order valence-electron chi connectivity index (χ3n) is 6.16. The monoisotopic (exact) mass is 495 g/mol. The number of urea groups is 1. The second-order valence-electron chi connectivity index (χ2n) is 9.36. The predicted octanol–water partition coefficient (Wildman–Crippen LogP) is 2.68. The fourth-order valence-electron chi connectivity index (χ4n) is 4.39. The second-order valence-corrected chi connectivity index (χ2v) is 9.36. The molecule has 10 nitrogen and oxygen atoms in total. The topological polar surface area (TPSA) is 132 Å². The minimum atomic E-state index is -0.849. The summed E-state index contributed by atoms with van der Waals surface area (Å²) in [6, 6.07) is 14.4. The van der Waals surface area contributed by atoms with Crippen molar-refractivity contribution in [1.82, 2.24) is 25.8 Å². The second kappa shape index (κ2) is 12.8. The number of nitrogens with one attached hydrogen (secondary N) is 2. The number of hydrazine groups is 1. The van der Waals surface area contributed by atoms with Crippen LogP contribution in [0.5, 0.6) is 0 Å². The van der Waals surface area contributed by atoms with Crippen molar-refractivity contribution in [2.75, 3.05) is 6.54 Å². The maximum atomic E-state index is 13.3.